The summed E-state index contributed by atoms with van der Waals surface area (Å²) in [6.07, 6.45) is 1.98. The van der Waals surface area contributed by atoms with Crippen molar-refractivity contribution >= 4 is 11.3 Å². The van der Waals surface area contributed by atoms with E-state index < -0.39 is 0 Å². The lowest BCUT2D eigenvalue weighted by Crippen LogP contribution is -2.22. The van der Waals surface area contributed by atoms with Gasteiger partial charge in [0.2, 0.25) is 0 Å². The van der Waals surface area contributed by atoms with E-state index in [0.29, 0.717) is 0 Å². The van der Waals surface area contributed by atoms with Gasteiger partial charge in [-0.2, -0.15) is 16.4 Å². The molecular formula is C11H15N3S. The fraction of sp³-hybridized carbons (Fsp3) is 0.364. The molecule has 1 unspecified atom stereocenters. The van der Waals surface area contributed by atoms with Crippen LogP contribution in [0.4, 0.5) is 0 Å². The quantitative estimate of drug-likeness (QED) is 0.857. The molecule has 0 aromatic carbocycles. The molecule has 0 radical (unpaired) electrons. The molecule has 0 bridgehead atoms. The van der Waals surface area contributed by atoms with Gasteiger partial charge in [-0.25, -0.2) is 0 Å². The molecule has 0 saturated carbocycles. The van der Waals surface area contributed by atoms with Crippen LogP contribution in [0.2, 0.25) is 0 Å². The van der Waals surface area contributed by atoms with E-state index in [1.54, 1.807) is 11.3 Å². The average molecular weight is 221 g/mol. The van der Waals surface area contributed by atoms with Gasteiger partial charge in [-0.15, -0.1) is 0 Å². The van der Waals surface area contributed by atoms with Crippen LogP contribution in [-0.4, -0.2) is 16.3 Å². The third-order valence-corrected chi connectivity index (χ3v) is 3.02. The Bertz CT molecular complexity index is 405. The van der Waals surface area contributed by atoms with Crippen LogP contribution in [0.3, 0.4) is 0 Å². The Hall–Kier alpha value is -1.13. The van der Waals surface area contributed by atoms with Crippen LogP contribution >= 0.6 is 11.3 Å². The normalized spacial score (nSPS) is 12.9. The van der Waals surface area contributed by atoms with E-state index in [-0.39, 0.29) is 6.04 Å². The highest BCUT2D eigenvalue weighted by atomic mass is 32.1. The minimum Gasteiger partial charge on any atom is -0.305 e. The van der Waals surface area contributed by atoms with E-state index in [1.807, 2.05) is 17.9 Å². The highest BCUT2D eigenvalue weighted by Crippen LogP contribution is 2.22. The third-order valence-electron chi connectivity index (χ3n) is 2.31. The van der Waals surface area contributed by atoms with Crippen molar-refractivity contribution < 1.29 is 0 Å². The maximum absolute atomic E-state index is 4.44. The number of nitrogens with zero attached hydrogens (tertiary/aromatic N) is 2. The summed E-state index contributed by atoms with van der Waals surface area (Å²) < 4.78 is 1.84. The zero-order chi connectivity index (χ0) is 10.7. The van der Waals surface area contributed by atoms with Gasteiger partial charge in [0.1, 0.15) is 0 Å². The maximum atomic E-state index is 4.44. The number of thiophene rings is 1. The van der Waals surface area contributed by atoms with E-state index in [2.05, 4.69) is 40.2 Å². The van der Waals surface area contributed by atoms with Crippen LogP contribution in [0.15, 0.2) is 29.1 Å². The second-order valence-electron chi connectivity index (χ2n) is 3.46. The SMILES string of the molecule is CCNC(c1ccsc1)c1ccn(C)n1. The zero-order valence-corrected chi connectivity index (χ0v) is 9.79. The Morgan fingerprint density at radius 1 is 1.53 bits per heavy atom. The average Bonchev–Trinajstić information content (AvgIpc) is 2.85. The summed E-state index contributed by atoms with van der Waals surface area (Å²) in [5.74, 6) is 0. The van der Waals surface area contributed by atoms with Gasteiger partial charge < -0.3 is 5.32 Å². The van der Waals surface area contributed by atoms with Gasteiger partial charge in [-0.1, -0.05) is 6.92 Å². The van der Waals surface area contributed by atoms with E-state index in [4.69, 9.17) is 0 Å². The second-order valence-corrected chi connectivity index (χ2v) is 4.24. The van der Waals surface area contributed by atoms with Crippen LogP contribution < -0.4 is 5.32 Å². The topological polar surface area (TPSA) is 29.9 Å². The molecule has 1 atom stereocenters. The minimum absolute atomic E-state index is 0.224. The van der Waals surface area contributed by atoms with Crippen LogP contribution in [0.5, 0.6) is 0 Å². The van der Waals surface area contributed by atoms with Crippen LogP contribution in [0.25, 0.3) is 0 Å². The highest BCUT2D eigenvalue weighted by molar-refractivity contribution is 7.08. The lowest BCUT2D eigenvalue weighted by Gasteiger charge is -2.13. The summed E-state index contributed by atoms with van der Waals surface area (Å²) in [5, 5.41) is 12.2. The number of aryl methyl sites for hydroxylation is 1. The van der Waals surface area contributed by atoms with Crippen LogP contribution in [0.1, 0.15) is 24.2 Å². The summed E-state index contributed by atoms with van der Waals surface area (Å²) in [6, 6.07) is 4.43. The van der Waals surface area contributed by atoms with Crippen molar-refractivity contribution in [3.63, 3.8) is 0 Å². The monoisotopic (exact) mass is 221 g/mol. The van der Waals surface area contributed by atoms with E-state index in [1.165, 1.54) is 5.56 Å². The van der Waals surface area contributed by atoms with Gasteiger partial charge in [0.05, 0.1) is 11.7 Å². The van der Waals surface area contributed by atoms with Gasteiger partial charge in [0, 0.05) is 13.2 Å². The summed E-state index contributed by atoms with van der Waals surface area (Å²) in [4.78, 5) is 0. The maximum Gasteiger partial charge on any atom is 0.0839 e. The van der Waals surface area contributed by atoms with Crippen LogP contribution in [-0.2, 0) is 7.05 Å². The molecular weight excluding hydrogens is 206 g/mol. The zero-order valence-electron chi connectivity index (χ0n) is 8.97. The van der Waals surface area contributed by atoms with E-state index >= 15 is 0 Å². The molecule has 0 fully saturated rings. The first-order chi connectivity index (χ1) is 7.31. The van der Waals surface area contributed by atoms with Crippen LogP contribution in [0, 0.1) is 0 Å². The Labute approximate surface area is 93.7 Å². The Morgan fingerprint density at radius 3 is 2.93 bits per heavy atom. The smallest absolute Gasteiger partial charge is 0.0839 e. The summed E-state index contributed by atoms with van der Waals surface area (Å²) in [7, 11) is 1.94. The first kappa shape index (κ1) is 10.4. The van der Waals surface area contributed by atoms with Gasteiger partial charge in [-0.05, 0) is 35.0 Å². The van der Waals surface area contributed by atoms with Crippen molar-refractivity contribution in [2.24, 2.45) is 7.05 Å². The van der Waals surface area contributed by atoms with Crippen molar-refractivity contribution in [2.45, 2.75) is 13.0 Å². The molecule has 0 aliphatic heterocycles. The molecule has 4 heteroatoms. The molecule has 3 nitrogen and oxygen atoms in total. The molecule has 0 saturated heterocycles. The lowest BCUT2D eigenvalue weighted by atomic mass is 10.1. The molecule has 15 heavy (non-hydrogen) atoms. The predicted molar refractivity (Wildman–Crippen MR) is 63.0 cm³/mol. The van der Waals surface area contributed by atoms with Gasteiger partial charge >= 0.3 is 0 Å². The molecule has 0 aliphatic carbocycles. The fourth-order valence-corrected chi connectivity index (χ4v) is 2.31. The first-order valence-corrected chi connectivity index (χ1v) is 6.00. The summed E-state index contributed by atoms with van der Waals surface area (Å²) >= 11 is 1.72. The molecule has 2 aromatic rings. The fourth-order valence-electron chi connectivity index (χ4n) is 1.62. The van der Waals surface area contributed by atoms with Gasteiger partial charge in [-0.3, -0.25) is 4.68 Å². The van der Waals surface area contributed by atoms with Crippen molar-refractivity contribution in [2.75, 3.05) is 6.54 Å². The number of nitrogens with one attached hydrogen (secondary N) is 1. The van der Waals surface area contributed by atoms with Gasteiger partial charge in [0.25, 0.3) is 0 Å². The van der Waals surface area contributed by atoms with E-state index in [0.717, 1.165) is 12.2 Å². The molecule has 2 heterocycles. The molecule has 0 amide bonds. The highest BCUT2D eigenvalue weighted by Gasteiger charge is 2.15. The molecule has 0 spiro atoms. The van der Waals surface area contributed by atoms with Crippen molar-refractivity contribution in [1.29, 1.82) is 0 Å². The predicted octanol–water partition coefficient (Wildman–Crippen LogP) is 2.18. The molecule has 0 aliphatic rings. The van der Waals surface area contributed by atoms with Crippen molar-refractivity contribution in [3.05, 3.63) is 40.3 Å². The van der Waals surface area contributed by atoms with Crippen molar-refractivity contribution in [1.82, 2.24) is 15.1 Å². The first-order valence-electron chi connectivity index (χ1n) is 5.06. The minimum atomic E-state index is 0.224. The summed E-state index contributed by atoms with van der Waals surface area (Å²) in [5.41, 5.74) is 2.37. The second kappa shape index (κ2) is 4.59. The largest absolute Gasteiger partial charge is 0.305 e. The standard InChI is InChI=1S/C11H15N3S/c1-3-12-11(9-5-7-15-8-9)10-4-6-14(2)13-10/h4-8,11-12H,3H2,1-2H3. The molecule has 2 rings (SSSR count). The molecule has 80 valence electrons. The Morgan fingerprint density at radius 2 is 2.40 bits per heavy atom. The number of rotatable bonds is 4. The number of hydrogen-bond acceptors (Lipinski definition) is 3. The Balaban J connectivity index is 2.27. The Kier molecular flexibility index (Phi) is 3.18. The van der Waals surface area contributed by atoms with E-state index in [9.17, 15) is 0 Å². The molecule has 1 N–H and O–H groups in total. The lowest BCUT2D eigenvalue weighted by molar-refractivity contribution is 0.601. The van der Waals surface area contributed by atoms with Crippen molar-refractivity contribution in [3.8, 4) is 0 Å². The number of hydrogen-bond donors (Lipinski definition) is 1. The molecule has 2 aromatic heterocycles. The third kappa shape index (κ3) is 2.27. The summed E-state index contributed by atoms with van der Waals surface area (Å²) in [6.45, 7) is 3.05. The number of aromatic nitrogens is 2. The van der Waals surface area contributed by atoms with Gasteiger partial charge in [0.15, 0.2) is 0 Å².